The Balaban J connectivity index is 0.00000441. The summed E-state index contributed by atoms with van der Waals surface area (Å²) in [6.45, 7) is 3.49. The first kappa shape index (κ1) is 21.5. The van der Waals surface area contributed by atoms with Gasteiger partial charge in [-0.25, -0.2) is 0 Å². The van der Waals surface area contributed by atoms with E-state index in [0.717, 1.165) is 24.8 Å². The number of hydrogen-bond acceptors (Lipinski definition) is 4. The quantitative estimate of drug-likeness (QED) is 0.193. The fourth-order valence-electron chi connectivity index (χ4n) is 1.56. The third-order valence-electron chi connectivity index (χ3n) is 2.60. The van der Waals surface area contributed by atoms with Gasteiger partial charge in [0.25, 0.3) is 0 Å². The molecular formula is C15H26IN3O2S. The van der Waals surface area contributed by atoms with E-state index in [4.69, 9.17) is 9.47 Å². The lowest BCUT2D eigenvalue weighted by Crippen LogP contribution is -2.40. The molecule has 0 saturated carbocycles. The lowest BCUT2D eigenvalue weighted by atomic mass is 10.4. The molecule has 0 atom stereocenters. The molecule has 126 valence electrons. The highest BCUT2D eigenvalue weighted by Gasteiger charge is 1.97. The van der Waals surface area contributed by atoms with Gasteiger partial charge in [-0.15, -0.1) is 35.7 Å². The molecule has 2 N–H and O–H groups in total. The van der Waals surface area contributed by atoms with Crippen LogP contribution in [0, 0.1) is 0 Å². The second-order valence-corrected chi connectivity index (χ2v) is 5.36. The number of thioether (sulfide) groups is 1. The highest BCUT2D eigenvalue weighted by Crippen LogP contribution is 2.15. The smallest absolute Gasteiger partial charge is 0.191 e. The van der Waals surface area contributed by atoms with Gasteiger partial charge in [0.15, 0.2) is 5.96 Å². The molecule has 22 heavy (non-hydrogen) atoms. The number of hydrogen-bond donors (Lipinski definition) is 2. The molecule has 5 nitrogen and oxygen atoms in total. The highest BCUT2D eigenvalue weighted by molar-refractivity contribution is 14.0. The van der Waals surface area contributed by atoms with Crippen LogP contribution in [-0.2, 0) is 9.47 Å². The van der Waals surface area contributed by atoms with E-state index in [-0.39, 0.29) is 24.0 Å². The summed E-state index contributed by atoms with van der Waals surface area (Å²) >= 11 is 1.83. The Kier molecular flexibility index (Phi) is 15.0. The zero-order valence-corrected chi connectivity index (χ0v) is 16.4. The number of methoxy groups -OCH3 is 1. The van der Waals surface area contributed by atoms with Crippen molar-refractivity contribution in [2.24, 2.45) is 4.99 Å². The fraction of sp³-hybridized carbons (Fsp3) is 0.533. The number of guanidine groups is 1. The number of halogens is 1. The summed E-state index contributed by atoms with van der Waals surface area (Å²) in [4.78, 5) is 5.46. The number of nitrogens with zero attached hydrogens (tertiary/aromatic N) is 1. The molecule has 0 aromatic heterocycles. The maximum atomic E-state index is 5.38. The molecule has 0 aliphatic carbocycles. The zero-order valence-electron chi connectivity index (χ0n) is 13.2. The van der Waals surface area contributed by atoms with E-state index in [1.807, 2.05) is 17.8 Å². The third kappa shape index (κ3) is 11.1. The molecule has 0 fully saturated rings. The molecule has 1 aromatic carbocycles. The average molecular weight is 439 g/mol. The van der Waals surface area contributed by atoms with Gasteiger partial charge in [-0.2, -0.15) is 0 Å². The Morgan fingerprint density at radius 2 is 1.82 bits per heavy atom. The minimum Gasteiger partial charge on any atom is -0.382 e. The molecule has 0 aliphatic rings. The van der Waals surface area contributed by atoms with Gasteiger partial charge in [-0.1, -0.05) is 18.2 Å². The first-order valence-corrected chi connectivity index (χ1v) is 8.04. The second-order valence-electron chi connectivity index (χ2n) is 4.19. The molecule has 0 bridgehead atoms. The van der Waals surface area contributed by atoms with Crippen molar-refractivity contribution >= 4 is 41.7 Å². The van der Waals surface area contributed by atoms with Crippen LogP contribution in [0.2, 0.25) is 0 Å². The van der Waals surface area contributed by atoms with Crippen molar-refractivity contribution in [3.63, 3.8) is 0 Å². The predicted octanol–water partition coefficient (Wildman–Crippen LogP) is 2.22. The van der Waals surface area contributed by atoms with Crippen LogP contribution < -0.4 is 10.6 Å². The molecule has 0 radical (unpaired) electrons. The Morgan fingerprint density at radius 3 is 2.50 bits per heavy atom. The number of rotatable bonds is 10. The second kappa shape index (κ2) is 15.4. The van der Waals surface area contributed by atoms with E-state index in [0.29, 0.717) is 19.8 Å². The molecule has 1 aromatic rings. The molecular weight excluding hydrogens is 413 g/mol. The third-order valence-corrected chi connectivity index (χ3v) is 3.61. The van der Waals surface area contributed by atoms with Crippen LogP contribution in [0.1, 0.15) is 0 Å². The van der Waals surface area contributed by atoms with Gasteiger partial charge in [0.2, 0.25) is 0 Å². The molecule has 0 saturated heterocycles. The summed E-state index contributed by atoms with van der Waals surface area (Å²) < 4.78 is 10.3. The standard InChI is InChI=1S/C15H25N3O2S.HI/c1-16-15(17-8-10-20-12-11-19-2)18-9-13-21-14-6-4-3-5-7-14;/h3-7H,8-13H2,1-2H3,(H2,16,17,18);1H. The van der Waals surface area contributed by atoms with Crippen LogP contribution in [0.25, 0.3) is 0 Å². The maximum absolute atomic E-state index is 5.38. The summed E-state index contributed by atoms with van der Waals surface area (Å²) in [5.41, 5.74) is 0. The molecule has 0 amide bonds. The maximum Gasteiger partial charge on any atom is 0.191 e. The van der Waals surface area contributed by atoms with Gasteiger partial charge in [0, 0.05) is 37.9 Å². The predicted molar refractivity (Wildman–Crippen MR) is 105 cm³/mol. The van der Waals surface area contributed by atoms with Gasteiger partial charge in [-0.3, -0.25) is 4.99 Å². The Labute approximate surface area is 154 Å². The molecule has 7 heteroatoms. The SMILES string of the molecule is CN=C(NCCOCCOC)NCCSc1ccccc1.I. The summed E-state index contributed by atoms with van der Waals surface area (Å²) in [7, 11) is 3.44. The van der Waals surface area contributed by atoms with Gasteiger partial charge in [0.1, 0.15) is 0 Å². The van der Waals surface area contributed by atoms with Crippen LogP contribution in [0.3, 0.4) is 0 Å². The normalized spacial score (nSPS) is 10.9. The zero-order chi connectivity index (χ0) is 15.2. The van der Waals surface area contributed by atoms with Crippen molar-refractivity contribution in [3.8, 4) is 0 Å². The van der Waals surface area contributed by atoms with Gasteiger partial charge in [0.05, 0.1) is 19.8 Å². The van der Waals surface area contributed by atoms with Gasteiger partial charge in [-0.05, 0) is 12.1 Å². The Bertz CT molecular complexity index is 394. The summed E-state index contributed by atoms with van der Waals surface area (Å²) in [5.74, 6) is 1.80. The van der Waals surface area contributed by atoms with Crippen LogP contribution in [-0.4, -0.2) is 58.8 Å². The lowest BCUT2D eigenvalue weighted by molar-refractivity contribution is 0.0733. The first-order valence-electron chi connectivity index (χ1n) is 7.06. The van der Waals surface area contributed by atoms with Crippen molar-refractivity contribution in [2.45, 2.75) is 4.90 Å². The number of ether oxygens (including phenoxy) is 2. The van der Waals surface area contributed by atoms with Crippen LogP contribution in [0.15, 0.2) is 40.2 Å². The van der Waals surface area contributed by atoms with Crippen molar-refractivity contribution in [1.82, 2.24) is 10.6 Å². The van der Waals surface area contributed by atoms with E-state index < -0.39 is 0 Å². The Morgan fingerprint density at radius 1 is 1.09 bits per heavy atom. The van der Waals surface area contributed by atoms with E-state index in [1.54, 1.807) is 14.2 Å². The topological polar surface area (TPSA) is 54.9 Å². The summed E-state index contributed by atoms with van der Waals surface area (Å²) in [5, 5.41) is 6.49. The van der Waals surface area contributed by atoms with Crippen molar-refractivity contribution < 1.29 is 9.47 Å². The van der Waals surface area contributed by atoms with Crippen molar-refractivity contribution in [2.75, 3.05) is 52.8 Å². The van der Waals surface area contributed by atoms with E-state index in [2.05, 4.69) is 39.9 Å². The van der Waals surface area contributed by atoms with Crippen LogP contribution >= 0.6 is 35.7 Å². The van der Waals surface area contributed by atoms with E-state index in [9.17, 15) is 0 Å². The number of benzene rings is 1. The van der Waals surface area contributed by atoms with Gasteiger partial charge >= 0.3 is 0 Å². The first-order chi connectivity index (χ1) is 10.4. The minimum atomic E-state index is 0. The van der Waals surface area contributed by atoms with E-state index >= 15 is 0 Å². The fourth-order valence-corrected chi connectivity index (χ4v) is 2.35. The van der Waals surface area contributed by atoms with Crippen molar-refractivity contribution in [3.05, 3.63) is 30.3 Å². The van der Waals surface area contributed by atoms with Crippen LogP contribution in [0.4, 0.5) is 0 Å². The highest BCUT2D eigenvalue weighted by atomic mass is 127. The van der Waals surface area contributed by atoms with E-state index in [1.165, 1.54) is 4.90 Å². The number of nitrogens with one attached hydrogen (secondary N) is 2. The molecule has 0 spiro atoms. The summed E-state index contributed by atoms with van der Waals surface area (Å²) in [6, 6.07) is 10.4. The average Bonchev–Trinajstić information content (AvgIpc) is 2.53. The molecule has 0 aliphatic heterocycles. The molecule has 0 unspecified atom stereocenters. The molecule has 1 rings (SSSR count). The van der Waals surface area contributed by atoms with Gasteiger partial charge < -0.3 is 20.1 Å². The van der Waals surface area contributed by atoms with Crippen LogP contribution in [0.5, 0.6) is 0 Å². The minimum absolute atomic E-state index is 0. The number of aliphatic imine (C=N–C) groups is 1. The lowest BCUT2D eigenvalue weighted by Gasteiger charge is -2.11. The Hall–Kier alpha value is -0.510. The monoisotopic (exact) mass is 439 g/mol. The largest absolute Gasteiger partial charge is 0.382 e. The molecule has 0 heterocycles. The van der Waals surface area contributed by atoms with Crippen molar-refractivity contribution in [1.29, 1.82) is 0 Å². The summed E-state index contributed by atoms with van der Waals surface area (Å²) in [6.07, 6.45) is 0.